The van der Waals surface area contributed by atoms with Gasteiger partial charge in [0, 0.05) is 16.3 Å². The quantitative estimate of drug-likeness (QED) is 0.351. The first-order chi connectivity index (χ1) is 17.3. The summed E-state index contributed by atoms with van der Waals surface area (Å²) in [6.45, 7) is 2.12. The normalized spacial score (nSPS) is 17.1. The molecular formula is C27H20ClN3O3S2. The fourth-order valence-electron chi connectivity index (χ4n) is 4.10. The first kappa shape index (κ1) is 24.2. The molecule has 180 valence electrons. The van der Waals surface area contributed by atoms with Crippen LogP contribution in [0.25, 0.3) is 5.57 Å². The summed E-state index contributed by atoms with van der Waals surface area (Å²) >= 11 is 12.5. The molecule has 0 atom stereocenters. The van der Waals surface area contributed by atoms with E-state index in [2.05, 4.69) is 5.32 Å². The number of anilines is 2. The number of nitrogens with one attached hydrogen (secondary N) is 1. The number of rotatable bonds is 5. The van der Waals surface area contributed by atoms with Gasteiger partial charge in [0.1, 0.15) is 10.9 Å². The topological polar surface area (TPSA) is 69.7 Å². The van der Waals surface area contributed by atoms with Crippen molar-refractivity contribution in [3.05, 3.63) is 99.4 Å². The number of para-hydroxylation sites is 1. The van der Waals surface area contributed by atoms with Crippen molar-refractivity contribution in [2.24, 2.45) is 0 Å². The van der Waals surface area contributed by atoms with Gasteiger partial charge in [-0.2, -0.15) is 0 Å². The van der Waals surface area contributed by atoms with E-state index in [0.717, 1.165) is 22.9 Å². The van der Waals surface area contributed by atoms with Crippen molar-refractivity contribution >= 4 is 74.6 Å². The third-order valence-corrected chi connectivity index (χ3v) is 7.59. The van der Waals surface area contributed by atoms with Crippen molar-refractivity contribution in [1.82, 2.24) is 4.90 Å². The Bertz CT molecular complexity index is 1440. The summed E-state index contributed by atoms with van der Waals surface area (Å²) in [7, 11) is 0. The molecule has 0 aromatic heterocycles. The first-order valence-corrected chi connectivity index (χ1v) is 12.7. The summed E-state index contributed by atoms with van der Waals surface area (Å²) < 4.78 is 0.396. The van der Waals surface area contributed by atoms with Gasteiger partial charge in [0.25, 0.3) is 11.8 Å². The number of aryl methyl sites for hydroxylation is 1. The molecule has 2 heterocycles. The molecule has 1 fully saturated rings. The van der Waals surface area contributed by atoms with Crippen molar-refractivity contribution in [3.8, 4) is 0 Å². The summed E-state index contributed by atoms with van der Waals surface area (Å²) in [6.07, 6.45) is 0. The number of hydrogen-bond acceptors (Lipinski definition) is 5. The highest BCUT2D eigenvalue weighted by Gasteiger charge is 2.42. The zero-order valence-electron chi connectivity index (χ0n) is 19.2. The second-order valence-corrected chi connectivity index (χ2v) is 10.5. The lowest BCUT2D eigenvalue weighted by atomic mass is 10.1. The monoisotopic (exact) mass is 533 g/mol. The molecule has 2 aliphatic rings. The van der Waals surface area contributed by atoms with Crippen LogP contribution in [0.4, 0.5) is 11.4 Å². The number of carbonyl (C=O) groups is 3. The van der Waals surface area contributed by atoms with Crippen LogP contribution in [-0.2, 0) is 20.9 Å². The molecule has 0 aliphatic carbocycles. The second kappa shape index (κ2) is 9.89. The predicted octanol–water partition coefficient (Wildman–Crippen LogP) is 5.41. The molecule has 0 spiro atoms. The number of thioether (sulfide) groups is 1. The lowest BCUT2D eigenvalue weighted by molar-refractivity contribution is -0.122. The van der Waals surface area contributed by atoms with Gasteiger partial charge in [-0.3, -0.25) is 24.2 Å². The molecule has 2 aliphatic heterocycles. The van der Waals surface area contributed by atoms with Gasteiger partial charge in [-0.15, -0.1) is 0 Å². The lowest BCUT2D eigenvalue weighted by Crippen LogP contribution is -2.35. The molecule has 6 nitrogen and oxygen atoms in total. The number of amides is 3. The summed E-state index contributed by atoms with van der Waals surface area (Å²) in [6, 6.07) is 21.7. The molecule has 3 aromatic carbocycles. The van der Waals surface area contributed by atoms with Crippen LogP contribution >= 0.6 is 35.6 Å². The van der Waals surface area contributed by atoms with Crippen LogP contribution in [0.2, 0.25) is 5.02 Å². The second-order valence-electron chi connectivity index (χ2n) is 8.41. The van der Waals surface area contributed by atoms with Crippen LogP contribution in [0.3, 0.4) is 0 Å². The van der Waals surface area contributed by atoms with E-state index in [1.807, 2.05) is 31.2 Å². The molecule has 0 saturated carbocycles. The number of halogens is 1. The van der Waals surface area contributed by atoms with E-state index >= 15 is 0 Å². The van der Waals surface area contributed by atoms with Crippen LogP contribution in [0.15, 0.2) is 77.7 Å². The summed E-state index contributed by atoms with van der Waals surface area (Å²) in [4.78, 5) is 43.0. The van der Waals surface area contributed by atoms with Crippen molar-refractivity contribution in [2.45, 2.75) is 13.5 Å². The maximum Gasteiger partial charge on any atom is 0.267 e. The van der Waals surface area contributed by atoms with Crippen LogP contribution in [0.1, 0.15) is 16.7 Å². The number of thiocarbonyl (C=S) groups is 1. The third-order valence-electron chi connectivity index (χ3n) is 5.89. The van der Waals surface area contributed by atoms with E-state index in [1.54, 1.807) is 48.5 Å². The van der Waals surface area contributed by atoms with E-state index in [-0.39, 0.29) is 28.8 Å². The number of nitrogens with zero attached hydrogens (tertiary/aromatic N) is 2. The highest BCUT2D eigenvalue weighted by atomic mass is 35.5. The Morgan fingerprint density at radius 1 is 0.944 bits per heavy atom. The lowest BCUT2D eigenvalue weighted by Gasteiger charge is -2.17. The van der Waals surface area contributed by atoms with E-state index in [4.69, 9.17) is 23.8 Å². The zero-order chi connectivity index (χ0) is 25.4. The van der Waals surface area contributed by atoms with Gasteiger partial charge in [-0.05, 0) is 42.8 Å². The van der Waals surface area contributed by atoms with Gasteiger partial charge in [0.05, 0.1) is 22.7 Å². The first-order valence-electron chi connectivity index (χ1n) is 11.1. The maximum absolute atomic E-state index is 13.6. The summed E-state index contributed by atoms with van der Waals surface area (Å²) in [5.41, 5.74) is 4.10. The highest BCUT2D eigenvalue weighted by Crippen LogP contribution is 2.44. The Labute approximate surface area is 222 Å². The fourth-order valence-corrected chi connectivity index (χ4v) is 5.55. The number of carbonyl (C=O) groups excluding carboxylic acids is 3. The van der Waals surface area contributed by atoms with Crippen LogP contribution in [0.5, 0.6) is 0 Å². The van der Waals surface area contributed by atoms with Crippen LogP contribution < -0.4 is 10.2 Å². The Balaban J connectivity index is 1.42. The number of hydrogen-bond donors (Lipinski definition) is 1. The summed E-state index contributed by atoms with van der Waals surface area (Å²) in [5.74, 6) is -1.08. The Hall–Kier alpha value is -3.46. The molecule has 0 bridgehead atoms. The van der Waals surface area contributed by atoms with Gasteiger partial charge in [0.15, 0.2) is 0 Å². The zero-order valence-corrected chi connectivity index (χ0v) is 21.5. The Morgan fingerprint density at radius 3 is 2.36 bits per heavy atom. The summed E-state index contributed by atoms with van der Waals surface area (Å²) in [5, 5.41) is 3.33. The SMILES string of the molecule is Cc1ccc(CN2C(=O)/C(=C3/C(=O)N(CC(=O)Nc4ccc(Cl)cc4)c4ccccc43)SC2=S)cc1. The standard InChI is InChI=1S/C27H20ClN3O3S2/c1-16-6-8-17(9-7-16)14-31-26(34)24(36-27(31)35)23-20-4-2-3-5-21(20)30(25(23)33)15-22(32)29-19-12-10-18(28)11-13-19/h2-13H,14-15H2,1H3,(H,29,32)/b24-23-. The molecule has 0 unspecified atom stereocenters. The minimum Gasteiger partial charge on any atom is -0.325 e. The molecule has 0 radical (unpaired) electrons. The minimum absolute atomic E-state index is 0.203. The van der Waals surface area contributed by atoms with Gasteiger partial charge in [-0.1, -0.05) is 83.6 Å². The molecule has 3 amide bonds. The minimum atomic E-state index is -0.404. The molecule has 5 rings (SSSR count). The van der Waals surface area contributed by atoms with E-state index < -0.39 is 5.91 Å². The molecule has 3 aromatic rings. The van der Waals surface area contributed by atoms with E-state index in [0.29, 0.717) is 32.8 Å². The Kier molecular flexibility index (Phi) is 6.66. The van der Waals surface area contributed by atoms with Gasteiger partial charge in [0.2, 0.25) is 5.91 Å². The molecule has 1 saturated heterocycles. The number of benzene rings is 3. The Morgan fingerprint density at radius 2 is 1.64 bits per heavy atom. The van der Waals surface area contributed by atoms with Crippen molar-refractivity contribution < 1.29 is 14.4 Å². The van der Waals surface area contributed by atoms with Crippen molar-refractivity contribution in [1.29, 1.82) is 0 Å². The highest BCUT2D eigenvalue weighted by molar-refractivity contribution is 8.26. The largest absolute Gasteiger partial charge is 0.325 e. The smallest absolute Gasteiger partial charge is 0.267 e. The van der Waals surface area contributed by atoms with Crippen molar-refractivity contribution in [2.75, 3.05) is 16.8 Å². The molecule has 36 heavy (non-hydrogen) atoms. The molecule has 9 heteroatoms. The molecule has 1 N–H and O–H groups in total. The van der Waals surface area contributed by atoms with Gasteiger partial charge in [-0.25, -0.2) is 0 Å². The van der Waals surface area contributed by atoms with E-state index in [9.17, 15) is 14.4 Å². The predicted molar refractivity (Wildman–Crippen MR) is 148 cm³/mol. The van der Waals surface area contributed by atoms with Crippen LogP contribution in [-0.4, -0.2) is 33.5 Å². The van der Waals surface area contributed by atoms with Gasteiger partial charge < -0.3 is 5.32 Å². The number of fused-ring (bicyclic) bond motifs is 1. The van der Waals surface area contributed by atoms with E-state index in [1.165, 1.54) is 9.80 Å². The van der Waals surface area contributed by atoms with Gasteiger partial charge >= 0.3 is 0 Å². The fraction of sp³-hybridized carbons (Fsp3) is 0.111. The molecular weight excluding hydrogens is 514 g/mol. The van der Waals surface area contributed by atoms with Crippen molar-refractivity contribution in [3.63, 3.8) is 0 Å². The van der Waals surface area contributed by atoms with Crippen LogP contribution in [0, 0.1) is 6.92 Å². The maximum atomic E-state index is 13.6. The average Bonchev–Trinajstić information content (AvgIpc) is 3.29. The average molecular weight is 534 g/mol. The third kappa shape index (κ3) is 4.67.